The van der Waals surface area contributed by atoms with Crippen LogP contribution in [0, 0.1) is 6.92 Å². The van der Waals surface area contributed by atoms with Crippen molar-refractivity contribution in [3.05, 3.63) is 47.4 Å². The smallest absolute Gasteiger partial charge is 0.248 e. The van der Waals surface area contributed by atoms with Crippen molar-refractivity contribution in [3.63, 3.8) is 0 Å². The minimum absolute atomic E-state index is 0.130. The molecule has 3 heterocycles. The number of carbonyl (C=O) groups excluding carboxylic acids is 2. The van der Waals surface area contributed by atoms with Crippen molar-refractivity contribution >= 4 is 11.8 Å². The maximum absolute atomic E-state index is 13.4. The molecule has 2 saturated heterocycles. The van der Waals surface area contributed by atoms with Crippen molar-refractivity contribution in [1.82, 2.24) is 24.7 Å². The van der Waals surface area contributed by atoms with Gasteiger partial charge in [0.05, 0.1) is 12.6 Å². The number of piperidine rings is 2. The Kier molecular flexibility index (Phi) is 7.97. The van der Waals surface area contributed by atoms with E-state index in [0.717, 1.165) is 50.9 Å². The van der Waals surface area contributed by atoms with Gasteiger partial charge in [0.2, 0.25) is 17.7 Å². The quantitative estimate of drug-likeness (QED) is 0.650. The number of likely N-dealkylation sites (tertiary alicyclic amines) is 2. The Bertz CT molecular complexity index is 1040. The maximum atomic E-state index is 13.4. The number of hydrogen-bond acceptors (Lipinski definition) is 7. The molecule has 2 N–H and O–H groups in total. The SMILES string of the molecule is Cc1cc(Oc2ccc(C(N)=O)cc2)nc([C@H]2CCCCN2C(=O)CN(C)C2CCN(C)CC2)n1. The molecule has 2 aliphatic rings. The van der Waals surface area contributed by atoms with Crippen LogP contribution in [0.5, 0.6) is 11.6 Å². The summed E-state index contributed by atoms with van der Waals surface area (Å²) in [5.74, 6) is 1.23. The van der Waals surface area contributed by atoms with E-state index in [-0.39, 0.29) is 11.9 Å². The van der Waals surface area contributed by atoms with Gasteiger partial charge in [-0.05, 0) is 90.5 Å². The molecule has 0 bridgehead atoms. The van der Waals surface area contributed by atoms with E-state index >= 15 is 0 Å². The second kappa shape index (κ2) is 11.1. The summed E-state index contributed by atoms with van der Waals surface area (Å²) in [6.45, 7) is 5.16. The summed E-state index contributed by atoms with van der Waals surface area (Å²) in [5, 5.41) is 0. The third-order valence-electron chi connectivity index (χ3n) is 7.03. The second-order valence-corrected chi connectivity index (χ2v) is 9.74. The molecule has 35 heavy (non-hydrogen) atoms. The van der Waals surface area contributed by atoms with Gasteiger partial charge in [0.15, 0.2) is 5.82 Å². The zero-order valence-corrected chi connectivity index (χ0v) is 20.9. The average molecular weight is 481 g/mol. The zero-order valence-electron chi connectivity index (χ0n) is 20.9. The molecule has 0 unspecified atom stereocenters. The molecule has 0 saturated carbocycles. The Labute approximate surface area is 207 Å². The highest BCUT2D eigenvalue weighted by atomic mass is 16.5. The first-order chi connectivity index (χ1) is 16.8. The number of rotatable bonds is 7. The van der Waals surface area contributed by atoms with Gasteiger partial charge in [0, 0.05) is 29.9 Å². The molecule has 0 spiro atoms. The Morgan fingerprint density at radius 3 is 2.49 bits per heavy atom. The predicted molar refractivity (Wildman–Crippen MR) is 133 cm³/mol. The number of aromatic nitrogens is 2. The van der Waals surface area contributed by atoms with Crippen molar-refractivity contribution in [2.45, 2.75) is 51.1 Å². The molecule has 2 aromatic rings. The molecule has 4 rings (SSSR count). The highest BCUT2D eigenvalue weighted by Crippen LogP contribution is 2.31. The molecule has 0 radical (unpaired) electrons. The van der Waals surface area contributed by atoms with Gasteiger partial charge in [-0.3, -0.25) is 14.5 Å². The Morgan fingerprint density at radius 1 is 1.09 bits per heavy atom. The molecule has 0 aliphatic carbocycles. The van der Waals surface area contributed by atoms with Crippen LogP contribution in [0.25, 0.3) is 0 Å². The van der Waals surface area contributed by atoms with Gasteiger partial charge >= 0.3 is 0 Å². The number of likely N-dealkylation sites (N-methyl/N-ethyl adjacent to an activating group) is 1. The summed E-state index contributed by atoms with van der Waals surface area (Å²) in [5.41, 5.74) is 6.51. The molecule has 2 aliphatic heterocycles. The first-order valence-corrected chi connectivity index (χ1v) is 12.4. The number of amides is 2. The number of carbonyl (C=O) groups is 2. The van der Waals surface area contributed by atoms with E-state index in [4.69, 9.17) is 10.5 Å². The van der Waals surface area contributed by atoms with Crippen LogP contribution in [0.1, 0.15) is 60.0 Å². The summed E-state index contributed by atoms with van der Waals surface area (Å²) < 4.78 is 5.95. The molecular weight excluding hydrogens is 444 g/mol. The van der Waals surface area contributed by atoms with Gasteiger partial charge in [-0.15, -0.1) is 0 Å². The van der Waals surface area contributed by atoms with Crippen molar-refractivity contribution in [2.75, 3.05) is 40.3 Å². The van der Waals surface area contributed by atoms with Crippen LogP contribution in [0.4, 0.5) is 0 Å². The zero-order chi connectivity index (χ0) is 24.9. The van der Waals surface area contributed by atoms with Crippen LogP contribution in [-0.4, -0.2) is 82.8 Å². The van der Waals surface area contributed by atoms with E-state index in [1.165, 1.54) is 0 Å². The summed E-state index contributed by atoms with van der Waals surface area (Å²) >= 11 is 0. The summed E-state index contributed by atoms with van der Waals surface area (Å²) in [6.07, 6.45) is 5.03. The highest BCUT2D eigenvalue weighted by Gasteiger charge is 2.32. The van der Waals surface area contributed by atoms with E-state index in [1.807, 2.05) is 11.8 Å². The van der Waals surface area contributed by atoms with Gasteiger partial charge in [0.1, 0.15) is 5.75 Å². The van der Waals surface area contributed by atoms with E-state index in [9.17, 15) is 9.59 Å². The monoisotopic (exact) mass is 480 g/mol. The Morgan fingerprint density at radius 2 is 1.80 bits per heavy atom. The molecule has 2 amide bonds. The molecule has 2 fully saturated rings. The van der Waals surface area contributed by atoms with Crippen LogP contribution in [-0.2, 0) is 4.79 Å². The molecule has 9 nitrogen and oxygen atoms in total. The van der Waals surface area contributed by atoms with E-state index in [1.54, 1.807) is 30.3 Å². The predicted octanol–water partition coefficient (Wildman–Crippen LogP) is 2.76. The number of nitrogens with zero attached hydrogens (tertiary/aromatic N) is 5. The second-order valence-electron chi connectivity index (χ2n) is 9.74. The van der Waals surface area contributed by atoms with Gasteiger partial charge in [-0.1, -0.05) is 0 Å². The molecular formula is C26H36N6O3. The largest absolute Gasteiger partial charge is 0.439 e. The van der Waals surface area contributed by atoms with Gasteiger partial charge < -0.3 is 20.3 Å². The molecule has 1 aromatic carbocycles. The Hall–Kier alpha value is -3.04. The lowest BCUT2D eigenvalue weighted by atomic mass is 10.0. The Balaban J connectivity index is 1.47. The van der Waals surface area contributed by atoms with Crippen LogP contribution in [0.3, 0.4) is 0 Å². The van der Waals surface area contributed by atoms with E-state index in [0.29, 0.717) is 42.1 Å². The standard InChI is InChI=1S/C26H36N6O3/c1-18-16-23(35-21-9-7-19(8-10-21)25(27)34)29-26(28-18)22-6-4-5-13-32(22)24(33)17-31(3)20-11-14-30(2)15-12-20/h7-10,16,20,22H,4-6,11-15,17H2,1-3H3,(H2,27,34)/t22-/m1/s1. The molecule has 1 atom stereocenters. The number of hydrogen-bond donors (Lipinski definition) is 1. The fraction of sp³-hybridized carbons (Fsp3) is 0.538. The first kappa shape index (κ1) is 25.1. The van der Waals surface area contributed by atoms with Gasteiger partial charge in [0.25, 0.3) is 0 Å². The number of ether oxygens (including phenoxy) is 1. The minimum Gasteiger partial charge on any atom is -0.439 e. The first-order valence-electron chi connectivity index (χ1n) is 12.4. The van der Waals surface area contributed by atoms with Crippen molar-refractivity contribution in [2.24, 2.45) is 5.73 Å². The topological polar surface area (TPSA) is 105 Å². The lowest BCUT2D eigenvalue weighted by Crippen LogP contribution is -2.48. The molecule has 188 valence electrons. The third kappa shape index (κ3) is 6.35. The molecule has 1 aromatic heterocycles. The molecule has 9 heteroatoms. The fourth-order valence-corrected chi connectivity index (χ4v) is 4.94. The van der Waals surface area contributed by atoms with Crippen LogP contribution in [0.15, 0.2) is 30.3 Å². The normalized spacial score (nSPS) is 19.7. The lowest BCUT2D eigenvalue weighted by Gasteiger charge is -2.38. The average Bonchev–Trinajstić information content (AvgIpc) is 2.84. The minimum atomic E-state index is -0.486. The summed E-state index contributed by atoms with van der Waals surface area (Å²) in [6, 6.07) is 8.66. The third-order valence-corrected chi connectivity index (χ3v) is 7.03. The number of primary amides is 1. The van der Waals surface area contributed by atoms with Crippen LogP contribution < -0.4 is 10.5 Å². The van der Waals surface area contributed by atoms with Crippen molar-refractivity contribution in [3.8, 4) is 11.6 Å². The highest BCUT2D eigenvalue weighted by molar-refractivity contribution is 5.92. The maximum Gasteiger partial charge on any atom is 0.248 e. The summed E-state index contributed by atoms with van der Waals surface area (Å²) in [4.78, 5) is 40.6. The number of benzene rings is 1. The van der Waals surface area contributed by atoms with Crippen molar-refractivity contribution < 1.29 is 14.3 Å². The van der Waals surface area contributed by atoms with Crippen LogP contribution in [0.2, 0.25) is 0 Å². The van der Waals surface area contributed by atoms with Crippen molar-refractivity contribution in [1.29, 1.82) is 0 Å². The van der Waals surface area contributed by atoms with Gasteiger partial charge in [-0.25, -0.2) is 4.98 Å². The fourth-order valence-electron chi connectivity index (χ4n) is 4.94. The van der Waals surface area contributed by atoms with E-state index in [2.05, 4.69) is 33.9 Å². The lowest BCUT2D eigenvalue weighted by molar-refractivity contribution is -0.137. The van der Waals surface area contributed by atoms with Crippen LogP contribution >= 0.6 is 0 Å². The van der Waals surface area contributed by atoms with E-state index < -0.39 is 5.91 Å². The number of aryl methyl sites for hydroxylation is 1. The van der Waals surface area contributed by atoms with Gasteiger partial charge in [-0.2, -0.15) is 4.98 Å². The number of nitrogens with two attached hydrogens (primary N) is 1. The summed E-state index contributed by atoms with van der Waals surface area (Å²) in [7, 11) is 4.21.